The van der Waals surface area contributed by atoms with E-state index in [0.717, 1.165) is 10.5 Å². The van der Waals surface area contributed by atoms with Gasteiger partial charge in [-0.25, -0.2) is 17.6 Å². The third-order valence-corrected chi connectivity index (χ3v) is 5.61. The van der Waals surface area contributed by atoms with E-state index in [0.29, 0.717) is 18.4 Å². The van der Waals surface area contributed by atoms with E-state index in [1.165, 1.54) is 0 Å². The summed E-state index contributed by atoms with van der Waals surface area (Å²) in [5.41, 5.74) is -3.11. The maximum Gasteiger partial charge on any atom is 0.422 e. The summed E-state index contributed by atoms with van der Waals surface area (Å²) in [6.45, 7) is 0.00192. The molecule has 0 aromatic heterocycles. The minimum absolute atomic E-state index is 0.00192. The van der Waals surface area contributed by atoms with Gasteiger partial charge in [-0.3, -0.25) is 0 Å². The first-order valence-electron chi connectivity index (χ1n) is 9.47. The number of rotatable bonds is 5. The molecule has 1 heterocycles. The lowest BCUT2D eigenvalue weighted by Gasteiger charge is -2.21. The Morgan fingerprint density at radius 2 is 1.26 bits per heavy atom. The van der Waals surface area contributed by atoms with E-state index in [1.54, 1.807) is 30.3 Å². The zero-order valence-electron chi connectivity index (χ0n) is 16.0. The van der Waals surface area contributed by atoms with Crippen molar-refractivity contribution in [3.05, 3.63) is 101 Å². The third-order valence-electron chi connectivity index (χ3n) is 5.61. The number of anilines is 1. The second kappa shape index (κ2) is 7.59. The highest BCUT2D eigenvalue weighted by Gasteiger charge is 2.56. The number of nitrogens with zero attached hydrogens (tertiary/aromatic N) is 1. The SMILES string of the molecule is Fc1c(F)c(C(F)(F)F)c(F)c(F)c1N1CC1(CCc1ccccc1)c1ccccc1. The molecule has 0 saturated carbocycles. The van der Waals surface area contributed by atoms with Crippen LogP contribution in [-0.4, -0.2) is 6.54 Å². The molecule has 162 valence electrons. The molecule has 0 spiro atoms. The van der Waals surface area contributed by atoms with Crippen LogP contribution in [0.1, 0.15) is 23.1 Å². The summed E-state index contributed by atoms with van der Waals surface area (Å²) in [6.07, 6.45) is -4.75. The predicted molar refractivity (Wildman–Crippen MR) is 102 cm³/mol. The molecular weight excluding hydrogens is 423 g/mol. The van der Waals surface area contributed by atoms with Gasteiger partial charge in [-0.15, -0.1) is 0 Å². The van der Waals surface area contributed by atoms with Crippen LogP contribution in [0.25, 0.3) is 0 Å². The van der Waals surface area contributed by atoms with Crippen LogP contribution in [0, 0.1) is 23.3 Å². The van der Waals surface area contributed by atoms with Crippen LogP contribution < -0.4 is 4.90 Å². The zero-order valence-corrected chi connectivity index (χ0v) is 16.0. The standard InChI is InChI=1S/C23H16F7N/c24-17-16(23(28,29)30)18(25)20(27)21(19(17)26)31-13-22(31,15-9-5-2-6-10-15)12-11-14-7-3-1-4-8-14/h1-10H,11-13H2. The second-order valence-corrected chi connectivity index (χ2v) is 7.45. The fourth-order valence-corrected chi connectivity index (χ4v) is 3.97. The van der Waals surface area contributed by atoms with Gasteiger partial charge in [0.15, 0.2) is 23.3 Å². The average Bonchev–Trinajstić information content (AvgIpc) is 3.47. The van der Waals surface area contributed by atoms with Crippen molar-refractivity contribution in [3.63, 3.8) is 0 Å². The highest BCUT2D eigenvalue weighted by Crippen LogP contribution is 2.52. The van der Waals surface area contributed by atoms with Crippen LogP contribution in [0.4, 0.5) is 36.4 Å². The van der Waals surface area contributed by atoms with Gasteiger partial charge >= 0.3 is 6.18 Å². The van der Waals surface area contributed by atoms with Crippen molar-refractivity contribution in [2.45, 2.75) is 24.6 Å². The van der Waals surface area contributed by atoms with Crippen molar-refractivity contribution in [1.82, 2.24) is 0 Å². The lowest BCUT2D eigenvalue weighted by Crippen LogP contribution is -2.22. The maximum atomic E-state index is 14.6. The first-order valence-corrected chi connectivity index (χ1v) is 9.47. The van der Waals surface area contributed by atoms with Gasteiger partial charge in [0.05, 0.1) is 5.54 Å². The monoisotopic (exact) mass is 439 g/mol. The summed E-state index contributed by atoms with van der Waals surface area (Å²) in [4.78, 5) is 1.09. The highest BCUT2D eigenvalue weighted by atomic mass is 19.4. The number of hydrogen-bond acceptors (Lipinski definition) is 1. The Hall–Kier alpha value is -3.03. The zero-order chi connectivity index (χ0) is 22.4. The van der Waals surface area contributed by atoms with Crippen LogP contribution in [0.2, 0.25) is 0 Å². The molecule has 3 aromatic carbocycles. The summed E-state index contributed by atoms with van der Waals surface area (Å²) in [6, 6.07) is 17.8. The molecular formula is C23H16F7N. The molecule has 0 aliphatic carbocycles. The smallest absolute Gasteiger partial charge is 0.352 e. The molecule has 1 fully saturated rings. The normalized spacial score (nSPS) is 18.4. The number of benzene rings is 3. The Morgan fingerprint density at radius 3 is 1.77 bits per heavy atom. The summed E-state index contributed by atoms with van der Waals surface area (Å²) < 4.78 is 96.3. The topological polar surface area (TPSA) is 3.01 Å². The third kappa shape index (κ3) is 3.64. The first-order chi connectivity index (χ1) is 14.7. The fraction of sp³-hybridized carbons (Fsp3) is 0.217. The van der Waals surface area contributed by atoms with Gasteiger partial charge in [0.25, 0.3) is 0 Å². The number of halogens is 7. The van der Waals surface area contributed by atoms with Crippen LogP contribution >= 0.6 is 0 Å². The molecule has 8 heteroatoms. The predicted octanol–water partition coefficient (Wildman–Crippen LogP) is 6.61. The molecule has 1 saturated heterocycles. The Morgan fingerprint density at radius 1 is 0.742 bits per heavy atom. The minimum atomic E-state index is -5.57. The molecule has 3 aromatic rings. The van der Waals surface area contributed by atoms with Gasteiger partial charge in [0.1, 0.15) is 11.3 Å². The minimum Gasteiger partial charge on any atom is -0.352 e. The highest BCUT2D eigenvalue weighted by molar-refractivity contribution is 5.63. The molecule has 1 aliphatic rings. The van der Waals surface area contributed by atoms with E-state index in [-0.39, 0.29) is 6.54 Å². The van der Waals surface area contributed by atoms with Gasteiger partial charge in [0, 0.05) is 6.54 Å². The summed E-state index contributed by atoms with van der Waals surface area (Å²) in [5.74, 6) is -9.00. The van der Waals surface area contributed by atoms with Crippen LogP contribution in [-0.2, 0) is 18.1 Å². The van der Waals surface area contributed by atoms with E-state index in [9.17, 15) is 30.7 Å². The average molecular weight is 439 g/mol. The molecule has 0 N–H and O–H groups in total. The van der Waals surface area contributed by atoms with E-state index < -0.39 is 46.2 Å². The number of aryl methyl sites for hydroxylation is 1. The van der Waals surface area contributed by atoms with Gasteiger partial charge < -0.3 is 4.90 Å². The lowest BCUT2D eigenvalue weighted by atomic mass is 9.91. The maximum absolute atomic E-state index is 14.6. The molecule has 1 nitrogen and oxygen atoms in total. The Balaban J connectivity index is 1.77. The van der Waals surface area contributed by atoms with Crippen molar-refractivity contribution >= 4 is 5.69 Å². The van der Waals surface area contributed by atoms with Crippen molar-refractivity contribution in [1.29, 1.82) is 0 Å². The van der Waals surface area contributed by atoms with Crippen LogP contribution in [0.5, 0.6) is 0 Å². The number of alkyl halides is 3. The largest absolute Gasteiger partial charge is 0.422 e. The van der Waals surface area contributed by atoms with Gasteiger partial charge in [0.2, 0.25) is 0 Å². The van der Waals surface area contributed by atoms with Gasteiger partial charge in [-0.05, 0) is 24.0 Å². The van der Waals surface area contributed by atoms with Crippen LogP contribution in [0.15, 0.2) is 60.7 Å². The summed E-state index contributed by atoms with van der Waals surface area (Å²) in [7, 11) is 0. The molecule has 4 rings (SSSR count). The second-order valence-electron chi connectivity index (χ2n) is 7.45. The molecule has 31 heavy (non-hydrogen) atoms. The lowest BCUT2D eigenvalue weighted by molar-refractivity contribution is -0.143. The van der Waals surface area contributed by atoms with E-state index >= 15 is 0 Å². The van der Waals surface area contributed by atoms with Crippen molar-refractivity contribution in [3.8, 4) is 0 Å². The van der Waals surface area contributed by atoms with E-state index in [2.05, 4.69) is 0 Å². The van der Waals surface area contributed by atoms with E-state index in [4.69, 9.17) is 0 Å². The van der Waals surface area contributed by atoms with Crippen molar-refractivity contribution < 1.29 is 30.7 Å². The Labute approximate surface area is 173 Å². The van der Waals surface area contributed by atoms with Gasteiger partial charge in [-0.1, -0.05) is 60.7 Å². The Kier molecular flexibility index (Phi) is 5.19. The van der Waals surface area contributed by atoms with Gasteiger partial charge in [-0.2, -0.15) is 13.2 Å². The fourth-order valence-electron chi connectivity index (χ4n) is 3.97. The molecule has 1 atom stereocenters. The molecule has 0 radical (unpaired) electrons. The van der Waals surface area contributed by atoms with Crippen LogP contribution in [0.3, 0.4) is 0 Å². The van der Waals surface area contributed by atoms with Crippen molar-refractivity contribution in [2.24, 2.45) is 0 Å². The molecule has 0 bridgehead atoms. The number of hydrogen-bond donors (Lipinski definition) is 0. The molecule has 1 unspecified atom stereocenters. The molecule has 1 aliphatic heterocycles. The van der Waals surface area contributed by atoms with Crippen molar-refractivity contribution in [2.75, 3.05) is 11.4 Å². The quantitative estimate of drug-likeness (QED) is 0.246. The van der Waals surface area contributed by atoms with E-state index in [1.807, 2.05) is 30.3 Å². The Bertz CT molecular complexity index is 1070. The summed E-state index contributed by atoms with van der Waals surface area (Å²) in [5, 5.41) is 0. The molecule has 0 amide bonds. The summed E-state index contributed by atoms with van der Waals surface area (Å²) >= 11 is 0. The first kappa shape index (κ1) is 21.2.